The predicted molar refractivity (Wildman–Crippen MR) is 69.8 cm³/mol. The summed E-state index contributed by atoms with van der Waals surface area (Å²) in [7, 11) is 0. The molecule has 18 heavy (non-hydrogen) atoms. The van der Waals surface area contributed by atoms with E-state index >= 15 is 0 Å². The smallest absolute Gasteiger partial charge is 0.0829 e. The summed E-state index contributed by atoms with van der Waals surface area (Å²) in [5.74, 6) is 5.98. The molecule has 4 bridgehead atoms. The minimum absolute atomic E-state index is 0.408. The fourth-order valence-electron chi connectivity index (χ4n) is 6.54. The van der Waals surface area contributed by atoms with Gasteiger partial charge in [0.1, 0.15) is 0 Å². The molecule has 2 N–H and O–H groups in total. The van der Waals surface area contributed by atoms with E-state index in [1.807, 2.05) is 6.92 Å². The van der Waals surface area contributed by atoms with Gasteiger partial charge in [-0.1, -0.05) is 6.92 Å². The topological polar surface area (TPSA) is 40.5 Å². The van der Waals surface area contributed by atoms with Crippen molar-refractivity contribution >= 4 is 0 Å². The highest BCUT2D eigenvalue weighted by Gasteiger charge is 2.63. The van der Waals surface area contributed by atoms with Crippen LogP contribution in [0.5, 0.6) is 0 Å². The van der Waals surface area contributed by atoms with E-state index in [0.717, 1.165) is 35.5 Å². The van der Waals surface area contributed by atoms with Gasteiger partial charge in [-0.2, -0.15) is 0 Å². The molecule has 102 valence electrons. The predicted octanol–water partition coefficient (Wildman–Crippen LogP) is 2.44. The van der Waals surface area contributed by atoms with Crippen molar-refractivity contribution in [3.8, 4) is 0 Å². The SMILES string of the molecule is CCC(O)C(O)C1CC2CC1C1C3CCC(C3)C21. The maximum atomic E-state index is 10.4. The first-order valence-corrected chi connectivity index (χ1v) is 8.06. The van der Waals surface area contributed by atoms with Crippen molar-refractivity contribution in [1.82, 2.24) is 0 Å². The maximum absolute atomic E-state index is 10.4. The summed E-state index contributed by atoms with van der Waals surface area (Å²) >= 11 is 0. The molecule has 0 aliphatic heterocycles. The van der Waals surface area contributed by atoms with Crippen molar-refractivity contribution in [2.45, 2.75) is 57.7 Å². The van der Waals surface area contributed by atoms with Crippen molar-refractivity contribution in [3.05, 3.63) is 0 Å². The van der Waals surface area contributed by atoms with Crippen LogP contribution in [-0.2, 0) is 0 Å². The lowest BCUT2D eigenvalue weighted by Gasteiger charge is -2.41. The molecule has 0 spiro atoms. The van der Waals surface area contributed by atoms with Gasteiger partial charge in [-0.25, -0.2) is 0 Å². The zero-order chi connectivity index (χ0) is 12.4. The highest BCUT2D eigenvalue weighted by atomic mass is 16.3. The first kappa shape index (κ1) is 11.7. The van der Waals surface area contributed by atoms with Gasteiger partial charge in [0.15, 0.2) is 0 Å². The van der Waals surface area contributed by atoms with Gasteiger partial charge in [0.2, 0.25) is 0 Å². The summed E-state index contributed by atoms with van der Waals surface area (Å²) in [6.45, 7) is 1.97. The lowest BCUT2D eigenvalue weighted by atomic mass is 9.66. The molecular formula is C16H26O2. The Balaban J connectivity index is 1.55. The third-order valence-corrected chi connectivity index (χ3v) is 7.04. The van der Waals surface area contributed by atoms with Crippen LogP contribution >= 0.6 is 0 Å². The number of hydrogen-bond donors (Lipinski definition) is 2. The van der Waals surface area contributed by atoms with Gasteiger partial charge >= 0.3 is 0 Å². The summed E-state index contributed by atoms with van der Waals surface area (Å²) in [6.07, 6.45) is 6.73. The standard InChI is InChI=1S/C16H26O2/c1-2-13(17)16(18)12-7-10-6-11(12)15-9-4-3-8(5-9)14(10)15/h8-18H,2-7H2,1H3. The molecular weight excluding hydrogens is 224 g/mol. The van der Waals surface area contributed by atoms with Gasteiger partial charge in [0.25, 0.3) is 0 Å². The third-order valence-electron chi connectivity index (χ3n) is 7.04. The Hall–Kier alpha value is -0.0800. The molecule has 9 atom stereocenters. The molecule has 4 aliphatic rings. The first-order valence-electron chi connectivity index (χ1n) is 8.06. The molecule has 4 rings (SSSR count). The van der Waals surface area contributed by atoms with Crippen LogP contribution < -0.4 is 0 Å². The van der Waals surface area contributed by atoms with E-state index in [-0.39, 0.29) is 0 Å². The van der Waals surface area contributed by atoms with E-state index in [1.54, 1.807) is 0 Å². The van der Waals surface area contributed by atoms with Crippen LogP contribution in [0.25, 0.3) is 0 Å². The maximum Gasteiger partial charge on any atom is 0.0829 e. The van der Waals surface area contributed by atoms with Crippen LogP contribution in [0.15, 0.2) is 0 Å². The molecule has 0 aromatic rings. The summed E-state index contributed by atoms with van der Waals surface area (Å²) in [5, 5.41) is 20.3. The number of aliphatic hydroxyl groups excluding tert-OH is 2. The zero-order valence-corrected chi connectivity index (χ0v) is 11.3. The summed E-state index contributed by atoms with van der Waals surface area (Å²) in [4.78, 5) is 0. The van der Waals surface area contributed by atoms with Crippen molar-refractivity contribution in [3.63, 3.8) is 0 Å². The van der Waals surface area contributed by atoms with E-state index in [4.69, 9.17) is 0 Å². The molecule has 4 fully saturated rings. The lowest BCUT2D eigenvalue weighted by molar-refractivity contribution is -0.0535. The molecule has 4 aliphatic carbocycles. The fraction of sp³-hybridized carbons (Fsp3) is 1.00. The van der Waals surface area contributed by atoms with E-state index in [9.17, 15) is 10.2 Å². The Morgan fingerprint density at radius 2 is 1.67 bits per heavy atom. The second-order valence-electron chi connectivity index (χ2n) is 7.51. The van der Waals surface area contributed by atoms with Crippen molar-refractivity contribution in [1.29, 1.82) is 0 Å². The monoisotopic (exact) mass is 250 g/mol. The third kappa shape index (κ3) is 1.37. The van der Waals surface area contributed by atoms with Crippen LogP contribution in [0, 0.1) is 41.4 Å². The Labute approximate surface area is 110 Å². The van der Waals surface area contributed by atoms with Gasteiger partial charge in [-0.15, -0.1) is 0 Å². The zero-order valence-electron chi connectivity index (χ0n) is 11.3. The lowest BCUT2D eigenvalue weighted by Crippen LogP contribution is -2.41. The number of rotatable bonds is 3. The molecule has 4 saturated carbocycles. The fourth-order valence-corrected chi connectivity index (χ4v) is 6.54. The molecule has 0 radical (unpaired) electrons. The second-order valence-corrected chi connectivity index (χ2v) is 7.51. The highest BCUT2D eigenvalue weighted by Crippen LogP contribution is 2.69. The summed E-state index contributed by atoms with van der Waals surface area (Å²) in [5.41, 5.74) is 0. The number of fused-ring (bicyclic) bond motifs is 9. The van der Waals surface area contributed by atoms with E-state index in [0.29, 0.717) is 12.3 Å². The van der Waals surface area contributed by atoms with Gasteiger partial charge in [0, 0.05) is 0 Å². The molecule has 2 nitrogen and oxygen atoms in total. The van der Waals surface area contributed by atoms with Crippen molar-refractivity contribution < 1.29 is 10.2 Å². The first-order chi connectivity index (χ1) is 8.70. The Kier molecular flexibility index (Phi) is 2.58. The molecule has 0 amide bonds. The molecule has 0 saturated heterocycles. The minimum atomic E-state index is -0.494. The Bertz CT molecular complexity index is 342. The minimum Gasteiger partial charge on any atom is -0.390 e. The summed E-state index contributed by atoms with van der Waals surface area (Å²) in [6, 6.07) is 0. The normalized spacial score (nSPS) is 55.8. The highest BCUT2D eigenvalue weighted by molar-refractivity contribution is 5.11. The van der Waals surface area contributed by atoms with E-state index in [2.05, 4.69) is 0 Å². The van der Waals surface area contributed by atoms with Crippen LogP contribution in [0.2, 0.25) is 0 Å². The molecule has 9 unspecified atom stereocenters. The van der Waals surface area contributed by atoms with Crippen LogP contribution in [0.4, 0.5) is 0 Å². The Morgan fingerprint density at radius 1 is 0.944 bits per heavy atom. The van der Waals surface area contributed by atoms with Crippen molar-refractivity contribution in [2.24, 2.45) is 41.4 Å². The Morgan fingerprint density at radius 3 is 2.39 bits per heavy atom. The number of hydrogen-bond acceptors (Lipinski definition) is 2. The summed E-state index contributed by atoms with van der Waals surface area (Å²) < 4.78 is 0. The second kappa shape index (κ2) is 3.96. The quantitative estimate of drug-likeness (QED) is 0.755. The molecule has 2 heteroatoms. The average Bonchev–Trinajstić information content (AvgIpc) is 3.12. The number of aliphatic hydroxyl groups is 2. The van der Waals surface area contributed by atoms with Crippen LogP contribution in [0.3, 0.4) is 0 Å². The van der Waals surface area contributed by atoms with Gasteiger partial charge in [-0.05, 0) is 80.0 Å². The van der Waals surface area contributed by atoms with Gasteiger partial charge in [-0.3, -0.25) is 0 Å². The van der Waals surface area contributed by atoms with Gasteiger partial charge < -0.3 is 10.2 Å². The largest absolute Gasteiger partial charge is 0.390 e. The molecule has 0 aromatic heterocycles. The van der Waals surface area contributed by atoms with Crippen molar-refractivity contribution in [2.75, 3.05) is 0 Å². The van der Waals surface area contributed by atoms with Crippen LogP contribution in [-0.4, -0.2) is 22.4 Å². The van der Waals surface area contributed by atoms with Crippen LogP contribution in [0.1, 0.15) is 45.4 Å². The average molecular weight is 250 g/mol. The molecule has 0 aromatic carbocycles. The molecule has 0 heterocycles. The van der Waals surface area contributed by atoms with Gasteiger partial charge in [0.05, 0.1) is 12.2 Å². The van der Waals surface area contributed by atoms with E-state index in [1.165, 1.54) is 32.1 Å². The van der Waals surface area contributed by atoms with E-state index < -0.39 is 12.2 Å².